The van der Waals surface area contributed by atoms with E-state index >= 15 is 0 Å². The largest absolute Gasteiger partial charge is 0.497 e. The number of benzene rings is 1. The van der Waals surface area contributed by atoms with Crippen molar-refractivity contribution in [3.63, 3.8) is 0 Å². The van der Waals surface area contributed by atoms with Crippen LogP contribution < -0.4 is 20.1 Å². The fraction of sp³-hybridized carbons (Fsp3) is 0.500. The van der Waals surface area contributed by atoms with E-state index in [2.05, 4.69) is 10.6 Å². The van der Waals surface area contributed by atoms with E-state index < -0.39 is 0 Å². The minimum atomic E-state index is -0.303. The summed E-state index contributed by atoms with van der Waals surface area (Å²) in [5.74, 6) is 1.39. The standard InChI is InChI=1S/C14H20N2O3/c1-9(14(17)16-10-4-5-10)15-12-7-6-11(18-2)8-13(12)19-3/h6-10,15H,4-5H2,1-3H3,(H,16,17)/t9-/m0/s1. The highest BCUT2D eigenvalue weighted by Crippen LogP contribution is 2.29. The van der Waals surface area contributed by atoms with Crippen LogP contribution in [-0.2, 0) is 4.79 Å². The zero-order valence-corrected chi connectivity index (χ0v) is 11.5. The Morgan fingerprint density at radius 2 is 2.05 bits per heavy atom. The lowest BCUT2D eigenvalue weighted by Gasteiger charge is -2.17. The molecule has 0 aromatic heterocycles. The van der Waals surface area contributed by atoms with Gasteiger partial charge >= 0.3 is 0 Å². The van der Waals surface area contributed by atoms with Gasteiger partial charge in [-0.25, -0.2) is 0 Å². The summed E-state index contributed by atoms with van der Waals surface area (Å²) in [4.78, 5) is 11.9. The van der Waals surface area contributed by atoms with Crippen LogP contribution in [0.25, 0.3) is 0 Å². The van der Waals surface area contributed by atoms with Crippen LogP contribution in [0.5, 0.6) is 11.5 Å². The first-order chi connectivity index (χ1) is 9.13. The molecule has 1 amide bonds. The molecule has 1 aliphatic carbocycles. The Bertz CT molecular complexity index is 458. The van der Waals surface area contributed by atoms with E-state index in [-0.39, 0.29) is 11.9 Å². The summed E-state index contributed by atoms with van der Waals surface area (Å²) in [7, 11) is 3.20. The number of ether oxygens (including phenoxy) is 2. The van der Waals surface area contributed by atoms with Crippen LogP contribution in [0.3, 0.4) is 0 Å². The SMILES string of the molecule is COc1ccc(N[C@@H](C)C(=O)NC2CC2)c(OC)c1. The van der Waals surface area contributed by atoms with Crippen molar-refractivity contribution in [3.05, 3.63) is 18.2 Å². The van der Waals surface area contributed by atoms with E-state index in [1.165, 1.54) is 0 Å². The summed E-state index contributed by atoms with van der Waals surface area (Å²) in [5, 5.41) is 6.12. The third-order valence-electron chi connectivity index (χ3n) is 3.10. The van der Waals surface area contributed by atoms with Crippen molar-refractivity contribution >= 4 is 11.6 Å². The molecule has 2 N–H and O–H groups in total. The number of amides is 1. The predicted octanol–water partition coefficient (Wildman–Crippen LogP) is 1.78. The number of anilines is 1. The summed E-state index contributed by atoms with van der Waals surface area (Å²) >= 11 is 0. The first kappa shape index (κ1) is 13.5. The van der Waals surface area contributed by atoms with E-state index in [1.54, 1.807) is 20.3 Å². The minimum Gasteiger partial charge on any atom is -0.497 e. The van der Waals surface area contributed by atoms with Gasteiger partial charge in [-0.3, -0.25) is 4.79 Å². The summed E-state index contributed by atoms with van der Waals surface area (Å²) in [6.45, 7) is 1.83. The fourth-order valence-electron chi connectivity index (χ4n) is 1.77. The van der Waals surface area contributed by atoms with Gasteiger partial charge < -0.3 is 20.1 Å². The highest BCUT2D eigenvalue weighted by molar-refractivity contribution is 5.85. The van der Waals surface area contributed by atoms with Crippen LogP contribution in [0, 0.1) is 0 Å². The fourth-order valence-corrected chi connectivity index (χ4v) is 1.77. The first-order valence-electron chi connectivity index (χ1n) is 6.43. The number of carbonyl (C=O) groups excluding carboxylic acids is 1. The molecule has 1 saturated carbocycles. The molecule has 0 bridgehead atoms. The second kappa shape index (κ2) is 5.82. The number of hydrogen-bond donors (Lipinski definition) is 2. The van der Waals surface area contributed by atoms with Crippen molar-refractivity contribution < 1.29 is 14.3 Å². The Morgan fingerprint density at radius 3 is 2.63 bits per heavy atom. The first-order valence-corrected chi connectivity index (χ1v) is 6.43. The topological polar surface area (TPSA) is 59.6 Å². The van der Waals surface area contributed by atoms with Crippen molar-refractivity contribution in [2.24, 2.45) is 0 Å². The molecule has 2 rings (SSSR count). The number of carbonyl (C=O) groups is 1. The summed E-state index contributed by atoms with van der Waals surface area (Å²) in [6.07, 6.45) is 2.18. The summed E-state index contributed by atoms with van der Waals surface area (Å²) in [5.41, 5.74) is 0.779. The number of hydrogen-bond acceptors (Lipinski definition) is 4. The monoisotopic (exact) mass is 264 g/mol. The van der Waals surface area contributed by atoms with E-state index in [4.69, 9.17) is 9.47 Å². The van der Waals surface area contributed by atoms with Crippen molar-refractivity contribution in [1.29, 1.82) is 0 Å². The highest BCUT2D eigenvalue weighted by Gasteiger charge is 2.25. The van der Waals surface area contributed by atoms with Crippen LogP contribution in [0.1, 0.15) is 19.8 Å². The average Bonchev–Trinajstić information content (AvgIpc) is 3.22. The summed E-state index contributed by atoms with van der Waals surface area (Å²) < 4.78 is 10.4. The molecule has 1 aliphatic rings. The molecule has 0 heterocycles. The maximum atomic E-state index is 11.9. The summed E-state index contributed by atoms with van der Waals surface area (Å²) in [6, 6.07) is 5.53. The molecule has 1 atom stereocenters. The molecule has 5 nitrogen and oxygen atoms in total. The second-order valence-corrected chi connectivity index (χ2v) is 4.72. The van der Waals surface area contributed by atoms with Gasteiger partial charge in [0.05, 0.1) is 19.9 Å². The Balaban J connectivity index is 2.02. The van der Waals surface area contributed by atoms with Gasteiger partial charge in [0.15, 0.2) is 0 Å². The van der Waals surface area contributed by atoms with Gasteiger partial charge in [0.25, 0.3) is 0 Å². The Kier molecular flexibility index (Phi) is 4.14. The molecule has 0 unspecified atom stereocenters. The highest BCUT2D eigenvalue weighted by atomic mass is 16.5. The van der Waals surface area contributed by atoms with E-state index in [0.29, 0.717) is 11.8 Å². The van der Waals surface area contributed by atoms with Gasteiger partial charge in [0.1, 0.15) is 17.5 Å². The Hall–Kier alpha value is -1.91. The Morgan fingerprint density at radius 1 is 1.32 bits per heavy atom. The third-order valence-corrected chi connectivity index (χ3v) is 3.10. The molecule has 19 heavy (non-hydrogen) atoms. The lowest BCUT2D eigenvalue weighted by molar-refractivity contribution is -0.121. The van der Waals surface area contributed by atoms with Crippen LogP contribution in [0.4, 0.5) is 5.69 Å². The maximum Gasteiger partial charge on any atom is 0.242 e. The van der Waals surface area contributed by atoms with Gasteiger partial charge in [-0.1, -0.05) is 0 Å². The van der Waals surface area contributed by atoms with Crippen LogP contribution in [0.2, 0.25) is 0 Å². The van der Waals surface area contributed by atoms with Gasteiger partial charge in [-0.15, -0.1) is 0 Å². The van der Waals surface area contributed by atoms with E-state index in [1.807, 2.05) is 19.1 Å². The van der Waals surface area contributed by atoms with Crippen LogP contribution >= 0.6 is 0 Å². The predicted molar refractivity (Wildman–Crippen MR) is 73.8 cm³/mol. The van der Waals surface area contributed by atoms with Gasteiger partial charge in [0.2, 0.25) is 5.91 Å². The van der Waals surface area contributed by atoms with E-state index in [0.717, 1.165) is 24.3 Å². The zero-order chi connectivity index (χ0) is 13.8. The van der Waals surface area contributed by atoms with Crippen molar-refractivity contribution in [2.45, 2.75) is 31.8 Å². The van der Waals surface area contributed by atoms with Gasteiger partial charge in [-0.2, -0.15) is 0 Å². The van der Waals surface area contributed by atoms with Crippen LogP contribution in [-0.4, -0.2) is 32.2 Å². The molecular formula is C14H20N2O3. The average molecular weight is 264 g/mol. The van der Waals surface area contributed by atoms with Crippen molar-refractivity contribution in [2.75, 3.05) is 19.5 Å². The van der Waals surface area contributed by atoms with Crippen molar-refractivity contribution in [3.8, 4) is 11.5 Å². The molecule has 0 saturated heterocycles. The quantitative estimate of drug-likeness (QED) is 0.822. The Labute approximate surface area is 113 Å². The molecule has 0 radical (unpaired) electrons. The minimum absolute atomic E-state index is 0.0142. The zero-order valence-electron chi connectivity index (χ0n) is 11.5. The number of rotatable bonds is 6. The lowest BCUT2D eigenvalue weighted by Crippen LogP contribution is -2.38. The molecule has 0 aliphatic heterocycles. The van der Waals surface area contributed by atoms with Crippen molar-refractivity contribution in [1.82, 2.24) is 5.32 Å². The number of methoxy groups -OCH3 is 2. The number of nitrogens with one attached hydrogen (secondary N) is 2. The molecule has 0 spiro atoms. The molecular weight excluding hydrogens is 244 g/mol. The molecule has 1 fully saturated rings. The molecule has 1 aromatic carbocycles. The molecule has 1 aromatic rings. The smallest absolute Gasteiger partial charge is 0.242 e. The molecule has 5 heteroatoms. The molecule has 104 valence electrons. The maximum absolute atomic E-state index is 11.9. The van der Waals surface area contributed by atoms with Gasteiger partial charge in [-0.05, 0) is 31.9 Å². The normalized spacial score (nSPS) is 15.5. The second-order valence-electron chi connectivity index (χ2n) is 4.72. The lowest BCUT2D eigenvalue weighted by atomic mass is 10.2. The van der Waals surface area contributed by atoms with E-state index in [9.17, 15) is 4.79 Å². The van der Waals surface area contributed by atoms with Gasteiger partial charge in [0, 0.05) is 12.1 Å². The third kappa shape index (κ3) is 3.53. The van der Waals surface area contributed by atoms with Crippen LogP contribution in [0.15, 0.2) is 18.2 Å².